The van der Waals surface area contributed by atoms with E-state index in [0.29, 0.717) is 12.1 Å². The molecule has 2 rings (SSSR count). The average Bonchev–Trinajstić information content (AvgIpc) is 2.55. The molecule has 1 aromatic heterocycles. The molecule has 4 nitrogen and oxygen atoms in total. The van der Waals surface area contributed by atoms with Crippen molar-refractivity contribution in [1.29, 1.82) is 0 Å². The topological polar surface area (TPSA) is 47.3 Å². The van der Waals surface area contributed by atoms with E-state index in [4.69, 9.17) is 9.26 Å². The van der Waals surface area contributed by atoms with Crippen molar-refractivity contribution in [3.05, 3.63) is 17.5 Å². The van der Waals surface area contributed by atoms with Gasteiger partial charge in [-0.2, -0.15) is 0 Å². The van der Waals surface area contributed by atoms with Crippen molar-refractivity contribution in [2.24, 2.45) is 0 Å². The summed E-state index contributed by atoms with van der Waals surface area (Å²) < 4.78 is 10.5. The smallest absolute Gasteiger partial charge is 0.133 e. The molecule has 15 heavy (non-hydrogen) atoms. The first-order chi connectivity index (χ1) is 7.28. The maximum Gasteiger partial charge on any atom is 0.133 e. The van der Waals surface area contributed by atoms with Gasteiger partial charge in [-0.3, -0.25) is 0 Å². The Kier molecular flexibility index (Phi) is 3.38. The Hall–Kier alpha value is -0.870. The lowest BCUT2D eigenvalue weighted by molar-refractivity contribution is -0.0103. The highest BCUT2D eigenvalue weighted by Crippen LogP contribution is 2.23. The van der Waals surface area contributed by atoms with Crippen molar-refractivity contribution in [3.8, 4) is 0 Å². The standard InChI is InChI=1S/C11H18N2O2/c1-3-14-11-5-9(6-11)12-7-10-4-8(2)15-13-10/h4,9,11-12H,3,5-7H2,1-2H3. The van der Waals surface area contributed by atoms with Crippen molar-refractivity contribution < 1.29 is 9.26 Å². The first-order valence-corrected chi connectivity index (χ1v) is 5.55. The lowest BCUT2D eigenvalue weighted by atomic mass is 9.89. The molecule has 0 spiro atoms. The number of rotatable bonds is 5. The van der Waals surface area contributed by atoms with Gasteiger partial charge in [0, 0.05) is 25.3 Å². The number of aromatic nitrogens is 1. The third-order valence-electron chi connectivity index (χ3n) is 2.75. The monoisotopic (exact) mass is 210 g/mol. The van der Waals surface area contributed by atoms with Gasteiger partial charge < -0.3 is 14.6 Å². The van der Waals surface area contributed by atoms with Crippen LogP contribution in [-0.4, -0.2) is 23.9 Å². The Morgan fingerprint density at radius 3 is 3.00 bits per heavy atom. The number of ether oxygens (including phenoxy) is 1. The molecule has 1 N–H and O–H groups in total. The Labute approximate surface area is 90.0 Å². The van der Waals surface area contributed by atoms with Gasteiger partial charge in [-0.15, -0.1) is 0 Å². The first kappa shape index (κ1) is 10.6. The highest BCUT2D eigenvalue weighted by molar-refractivity contribution is 5.03. The van der Waals surface area contributed by atoms with Gasteiger partial charge in [0.05, 0.1) is 11.8 Å². The minimum absolute atomic E-state index is 0.464. The van der Waals surface area contributed by atoms with E-state index in [1.54, 1.807) is 0 Å². The molecule has 0 radical (unpaired) electrons. The van der Waals surface area contributed by atoms with Gasteiger partial charge >= 0.3 is 0 Å². The summed E-state index contributed by atoms with van der Waals surface area (Å²) in [6, 6.07) is 2.55. The zero-order valence-electron chi connectivity index (χ0n) is 9.32. The van der Waals surface area contributed by atoms with Crippen LogP contribution in [0.3, 0.4) is 0 Å². The Bertz CT molecular complexity index is 305. The van der Waals surface area contributed by atoms with Gasteiger partial charge in [0.25, 0.3) is 0 Å². The normalized spacial score (nSPS) is 25.2. The van der Waals surface area contributed by atoms with Gasteiger partial charge in [-0.25, -0.2) is 0 Å². The minimum Gasteiger partial charge on any atom is -0.378 e. The summed E-state index contributed by atoms with van der Waals surface area (Å²) in [7, 11) is 0. The van der Waals surface area contributed by atoms with Crippen LogP contribution in [0.25, 0.3) is 0 Å². The van der Waals surface area contributed by atoms with Crippen molar-refractivity contribution in [1.82, 2.24) is 10.5 Å². The van der Waals surface area contributed by atoms with Gasteiger partial charge in [-0.1, -0.05) is 5.16 Å². The van der Waals surface area contributed by atoms with E-state index < -0.39 is 0 Å². The zero-order valence-corrected chi connectivity index (χ0v) is 9.32. The molecule has 1 heterocycles. The molecule has 0 aliphatic heterocycles. The molecule has 1 aliphatic carbocycles. The molecule has 4 heteroatoms. The summed E-state index contributed by atoms with van der Waals surface area (Å²) in [5, 5.41) is 7.37. The molecule has 84 valence electrons. The third kappa shape index (κ3) is 2.79. The van der Waals surface area contributed by atoms with Gasteiger partial charge in [0.2, 0.25) is 0 Å². The summed E-state index contributed by atoms with van der Waals surface area (Å²) in [6.07, 6.45) is 2.70. The number of nitrogens with one attached hydrogen (secondary N) is 1. The largest absolute Gasteiger partial charge is 0.378 e. The minimum atomic E-state index is 0.464. The average molecular weight is 210 g/mol. The lowest BCUT2D eigenvalue weighted by Crippen LogP contribution is -2.45. The first-order valence-electron chi connectivity index (χ1n) is 5.55. The predicted molar refractivity (Wildman–Crippen MR) is 56.5 cm³/mol. The molecule has 1 aromatic rings. The molecule has 0 atom stereocenters. The highest BCUT2D eigenvalue weighted by atomic mass is 16.5. The maximum atomic E-state index is 5.49. The van der Waals surface area contributed by atoms with Crippen LogP contribution in [-0.2, 0) is 11.3 Å². The van der Waals surface area contributed by atoms with Crippen LogP contribution in [0.2, 0.25) is 0 Å². The van der Waals surface area contributed by atoms with Crippen molar-refractivity contribution >= 4 is 0 Å². The second-order valence-electron chi connectivity index (χ2n) is 4.06. The van der Waals surface area contributed by atoms with E-state index >= 15 is 0 Å². The lowest BCUT2D eigenvalue weighted by Gasteiger charge is -2.35. The molecule has 1 aliphatic rings. The van der Waals surface area contributed by atoms with E-state index in [2.05, 4.69) is 10.5 Å². The number of hydrogen-bond acceptors (Lipinski definition) is 4. The van der Waals surface area contributed by atoms with Crippen molar-refractivity contribution in [2.75, 3.05) is 6.61 Å². The van der Waals surface area contributed by atoms with E-state index in [0.717, 1.165) is 37.4 Å². The van der Waals surface area contributed by atoms with Gasteiger partial charge in [0.15, 0.2) is 0 Å². The quantitative estimate of drug-likeness (QED) is 0.802. The third-order valence-corrected chi connectivity index (χ3v) is 2.75. The molecule has 0 unspecified atom stereocenters. The van der Waals surface area contributed by atoms with Crippen LogP contribution in [0.1, 0.15) is 31.2 Å². The van der Waals surface area contributed by atoms with Crippen molar-refractivity contribution in [2.45, 2.75) is 45.4 Å². The number of nitrogens with zero attached hydrogens (tertiary/aromatic N) is 1. The summed E-state index contributed by atoms with van der Waals surface area (Å²) in [6.45, 7) is 5.56. The maximum absolute atomic E-state index is 5.49. The fourth-order valence-electron chi connectivity index (χ4n) is 1.85. The fourth-order valence-corrected chi connectivity index (χ4v) is 1.85. The van der Waals surface area contributed by atoms with E-state index in [1.807, 2.05) is 19.9 Å². The SMILES string of the molecule is CCOC1CC(NCc2cc(C)on2)C1. The molecule has 0 bridgehead atoms. The molecule has 0 aromatic carbocycles. The van der Waals surface area contributed by atoms with Crippen LogP contribution >= 0.6 is 0 Å². The molecular weight excluding hydrogens is 192 g/mol. The molecule has 0 amide bonds. The summed E-state index contributed by atoms with van der Waals surface area (Å²) in [5.74, 6) is 0.868. The second-order valence-corrected chi connectivity index (χ2v) is 4.06. The van der Waals surface area contributed by atoms with Gasteiger partial charge in [-0.05, 0) is 26.7 Å². The van der Waals surface area contributed by atoms with E-state index in [1.165, 1.54) is 0 Å². The fraction of sp³-hybridized carbons (Fsp3) is 0.727. The molecule has 1 saturated carbocycles. The summed E-state index contributed by atoms with van der Waals surface area (Å²) >= 11 is 0. The zero-order chi connectivity index (χ0) is 10.7. The van der Waals surface area contributed by atoms with Crippen LogP contribution in [0.4, 0.5) is 0 Å². The Balaban J connectivity index is 1.64. The predicted octanol–water partition coefficient (Wildman–Crippen LogP) is 1.64. The van der Waals surface area contributed by atoms with Crippen LogP contribution < -0.4 is 5.32 Å². The number of hydrogen-bond donors (Lipinski definition) is 1. The Morgan fingerprint density at radius 2 is 2.40 bits per heavy atom. The Morgan fingerprint density at radius 1 is 1.60 bits per heavy atom. The second kappa shape index (κ2) is 4.77. The van der Waals surface area contributed by atoms with Crippen LogP contribution in [0.15, 0.2) is 10.6 Å². The summed E-state index contributed by atoms with van der Waals surface area (Å²) in [4.78, 5) is 0. The van der Waals surface area contributed by atoms with E-state index in [9.17, 15) is 0 Å². The molecular formula is C11H18N2O2. The van der Waals surface area contributed by atoms with Crippen molar-refractivity contribution in [3.63, 3.8) is 0 Å². The van der Waals surface area contributed by atoms with Gasteiger partial charge in [0.1, 0.15) is 5.76 Å². The molecule has 1 fully saturated rings. The van der Waals surface area contributed by atoms with Crippen LogP contribution in [0, 0.1) is 6.92 Å². The summed E-state index contributed by atoms with van der Waals surface area (Å²) in [5.41, 5.74) is 0.979. The van der Waals surface area contributed by atoms with Crippen LogP contribution in [0.5, 0.6) is 0 Å². The number of aryl methyl sites for hydroxylation is 1. The highest BCUT2D eigenvalue weighted by Gasteiger charge is 2.28. The molecule has 0 saturated heterocycles. The van der Waals surface area contributed by atoms with E-state index in [-0.39, 0.29) is 0 Å².